The maximum absolute atomic E-state index is 9.07. The fourth-order valence-corrected chi connectivity index (χ4v) is 2.39. The molecule has 0 aliphatic carbocycles. The number of aliphatic hydroxyl groups is 1. The van der Waals surface area contributed by atoms with Crippen LogP contribution in [0.2, 0.25) is 0 Å². The maximum Gasteiger partial charge on any atom is 0.0961 e. The van der Waals surface area contributed by atoms with Crippen molar-refractivity contribution in [1.29, 1.82) is 0 Å². The molecule has 0 saturated heterocycles. The Morgan fingerprint density at radius 1 is 1.00 bits per heavy atom. The van der Waals surface area contributed by atoms with Gasteiger partial charge in [0.15, 0.2) is 0 Å². The lowest BCUT2D eigenvalue weighted by Crippen LogP contribution is -1.98. The van der Waals surface area contributed by atoms with Gasteiger partial charge in [0.1, 0.15) is 0 Å². The molecule has 1 aromatic heterocycles. The van der Waals surface area contributed by atoms with Gasteiger partial charge in [0, 0.05) is 6.54 Å². The van der Waals surface area contributed by atoms with Crippen LogP contribution in [0.5, 0.6) is 0 Å². The van der Waals surface area contributed by atoms with E-state index in [4.69, 9.17) is 5.11 Å². The van der Waals surface area contributed by atoms with Crippen LogP contribution in [0.25, 0.3) is 11.0 Å². The van der Waals surface area contributed by atoms with Crippen LogP contribution in [-0.2, 0) is 13.2 Å². The summed E-state index contributed by atoms with van der Waals surface area (Å²) in [5.41, 5.74) is 6.92. The predicted molar refractivity (Wildman–Crippen MR) is 80.7 cm³/mol. The first-order chi connectivity index (χ1) is 9.67. The third-order valence-electron chi connectivity index (χ3n) is 3.79. The molecule has 0 aliphatic rings. The second-order valence-electron chi connectivity index (χ2n) is 5.27. The van der Waals surface area contributed by atoms with Crippen LogP contribution in [0.15, 0.2) is 42.7 Å². The van der Waals surface area contributed by atoms with E-state index < -0.39 is 0 Å². The molecule has 0 saturated carbocycles. The number of rotatable bonds is 3. The topological polar surface area (TPSA) is 38.0 Å². The normalized spacial score (nSPS) is 11.2. The minimum absolute atomic E-state index is 0.0900. The highest BCUT2D eigenvalue weighted by Crippen LogP contribution is 2.19. The molecule has 0 radical (unpaired) electrons. The van der Waals surface area contributed by atoms with Crippen LogP contribution in [0.4, 0.5) is 0 Å². The summed E-state index contributed by atoms with van der Waals surface area (Å²) in [6, 6.07) is 12.4. The highest BCUT2D eigenvalue weighted by molar-refractivity contribution is 5.77. The molecule has 102 valence electrons. The lowest BCUT2D eigenvalue weighted by Gasteiger charge is -2.07. The molecular weight excluding hydrogens is 248 g/mol. The quantitative estimate of drug-likeness (QED) is 0.790. The van der Waals surface area contributed by atoms with Crippen molar-refractivity contribution in [3.63, 3.8) is 0 Å². The summed E-state index contributed by atoms with van der Waals surface area (Å²) in [7, 11) is 0. The van der Waals surface area contributed by atoms with Gasteiger partial charge in [0.2, 0.25) is 0 Å². The van der Waals surface area contributed by atoms with Crippen molar-refractivity contribution in [2.24, 2.45) is 0 Å². The molecule has 2 aromatic carbocycles. The molecule has 0 atom stereocenters. The molecule has 0 fully saturated rings. The summed E-state index contributed by atoms with van der Waals surface area (Å²) in [5, 5.41) is 9.07. The largest absolute Gasteiger partial charge is 0.392 e. The van der Waals surface area contributed by atoms with Crippen LogP contribution in [0.1, 0.15) is 22.3 Å². The molecule has 3 nitrogen and oxygen atoms in total. The Bertz CT molecular complexity index is 742. The molecule has 0 amide bonds. The van der Waals surface area contributed by atoms with E-state index in [0.717, 1.165) is 17.6 Å². The summed E-state index contributed by atoms with van der Waals surface area (Å²) in [5.74, 6) is 0. The number of hydrogen-bond acceptors (Lipinski definition) is 2. The van der Waals surface area contributed by atoms with Gasteiger partial charge in [-0.1, -0.05) is 24.3 Å². The first-order valence-electron chi connectivity index (χ1n) is 6.78. The molecule has 1 N–H and O–H groups in total. The van der Waals surface area contributed by atoms with Crippen molar-refractivity contribution in [1.82, 2.24) is 9.55 Å². The minimum atomic E-state index is 0.0900. The minimum Gasteiger partial charge on any atom is -0.392 e. The van der Waals surface area contributed by atoms with E-state index in [2.05, 4.69) is 47.7 Å². The Morgan fingerprint density at radius 3 is 2.35 bits per heavy atom. The molecule has 0 bridgehead atoms. The molecule has 3 aromatic rings. The van der Waals surface area contributed by atoms with Gasteiger partial charge in [-0.3, -0.25) is 0 Å². The van der Waals surface area contributed by atoms with Gasteiger partial charge in [-0.15, -0.1) is 0 Å². The first kappa shape index (κ1) is 12.9. The Kier molecular flexibility index (Phi) is 3.28. The van der Waals surface area contributed by atoms with Crippen LogP contribution in [0.3, 0.4) is 0 Å². The van der Waals surface area contributed by atoms with Crippen molar-refractivity contribution in [2.75, 3.05) is 0 Å². The summed E-state index contributed by atoms with van der Waals surface area (Å²) >= 11 is 0. The third kappa shape index (κ3) is 2.32. The van der Waals surface area contributed by atoms with Crippen molar-refractivity contribution in [3.05, 3.63) is 65.0 Å². The lowest BCUT2D eigenvalue weighted by molar-refractivity contribution is 0.282. The average Bonchev–Trinajstić information content (AvgIpc) is 2.83. The lowest BCUT2D eigenvalue weighted by atomic mass is 10.1. The van der Waals surface area contributed by atoms with Crippen molar-refractivity contribution in [2.45, 2.75) is 27.0 Å². The third-order valence-corrected chi connectivity index (χ3v) is 3.79. The number of nitrogens with zero attached hydrogens (tertiary/aromatic N) is 2. The van der Waals surface area contributed by atoms with Gasteiger partial charge in [0.25, 0.3) is 0 Å². The Morgan fingerprint density at radius 2 is 1.65 bits per heavy atom. The molecule has 0 aliphatic heterocycles. The molecule has 3 heteroatoms. The van der Waals surface area contributed by atoms with Gasteiger partial charge in [-0.25, -0.2) is 4.98 Å². The van der Waals surface area contributed by atoms with E-state index >= 15 is 0 Å². The monoisotopic (exact) mass is 266 g/mol. The fourth-order valence-electron chi connectivity index (χ4n) is 2.39. The molecule has 20 heavy (non-hydrogen) atoms. The number of aryl methyl sites for hydroxylation is 2. The molecule has 3 rings (SSSR count). The summed E-state index contributed by atoms with van der Waals surface area (Å²) in [6.07, 6.45) is 1.89. The maximum atomic E-state index is 9.07. The fraction of sp³-hybridized carbons (Fsp3) is 0.235. The van der Waals surface area contributed by atoms with Crippen molar-refractivity contribution >= 4 is 11.0 Å². The second-order valence-corrected chi connectivity index (χ2v) is 5.27. The molecule has 1 heterocycles. The Balaban J connectivity index is 1.95. The van der Waals surface area contributed by atoms with Crippen LogP contribution in [0, 0.1) is 13.8 Å². The highest BCUT2D eigenvalue weighted by atomic mass is 16.3. The number of benzene rings is 2. The summed E-state index contributed by atoms with van der Waals surface area (Å²) < 4.78 is 2.16. The molecule has 0 unspecified atom stereocenters. The van der Waals surface area contributed by atoms with Gasteiger partial charge in [-0.05, 0) is 48.2 Å². The SMILES string of the molecule is Cc1cc2ncn(Cc3ccc(CO)cc3)c2cc1C. The van der Waals surface area contributed by atoms with Crippen LogP contribution in [-0.4, -0.2) is 14.7 Å². The summed E-state index contributed by atoms with van der Waals surface area (Å²) in [4.78, 5) is 4.47. The number of fused-ring (bicyclic) bond motifs is 1. The van der Waals surface area contributed by atoms with Crippen molar-refractivity contribution < 1.29 is 5.11 Å². The zero-order valence-corrected chi connectivity index (χ0v) is 11.8. The predicted octanol–water partition coefficient (Wildman–Crippen LogP) is 3.19. The molecular formula is C17H18N2O. The van der Waals surface area contributed by atoms with Crippen LogP contribution >= 0.6 is 0 Å². The number of imidazole rings is 1. The Labute approximate surface area is 118 Å². The van der Waals surface area contributed by atoms with Gasteiger partial charge < -0.3 is 9.67 Å². The van der Waals surface area contributed by atoms with Gasteiger partial charge >= 0.3 is 0 Å². The number of aromatic nitrogens is 2. The molecule has 0 spiro atoms. The van der Waals surface area contributed by atoms with E-state index in [-0.39, 0.29) is 6.61 Å². The second kappa shape index (κ2) is 5.10. The Hall–Kier alpha value is -2.13. The first-order valence-corrected chi connectivity index (χ1v) is 6.78. The zero-order chi connectivity index (χ0) is 14.1. The summed E-state index contributed by atoms with van der Waals surface area (Å²) in [6.45, 7) is 5.13. The standard InChI is InChI=1S/C17H18N2O/c1-12-7-16-17(8-13(12)2)19(11-18-16)9-14-3-5-15(10-20)6-4-14/h3-8,11,20H,9-10H2,1-2H3. The zero-order valence-electron chi connectivity index (χ0n) is 11.8. The van der Waals surface area contributed by atoms with E-state index in [9.17, 15) is 0 Å². The van der Waals surface area contributed by atoms with Crippen LogP contribution < -0.4 is 0 Å². The van der Waals surface area contributed by atoms with Gasteiger partial charge in [0.05, 0.1) is 24.0 Å². The smallest absolute Gasteiger partial charge is 0.0961 e. The number of hydrogen-bond donors (Lipinski definition) is 1. The van der Waals surface area contributed by atoms with Crippen molar-refractivity contribution in [3.8, 4) is 0 Å². The average molecular weight is 266 g/mol. The van der Waals surface area contributed by atoms with E-state index in [1.165, 1.54) is 22.2 Å². The van der Waals surface area contributed by atoms with E-state index in [1.54, 1.807) is 0 Å². The highest BCUT2D eigenvalue weighted by Gasteiger charge is 2.05. The van der Waals surface area contributed by atoms with E-state index in [0.29, 0.717) is 0 Å². The number of aliphatic hydroxyl groups excluding tert-OH is 1. The van der Waals surface area contributed by atoms with E-state index in [1.807, 2.05) is 18.5 Å². The van der Waals surface area contributed by atoms with Gasteiger partial charge in [-0.2, -0.15) is 0 Å².